The largest absolute Gasteiger partial charge is 0.464 e. The Labute approximate surface area is 93.0 Å². The highest BCUT2D eigenvalue weighted by molar-refractivity contribution is 14.1. The van der Waals surface area contributed by atoms with E-state index >= 15 is 0 Å². The molecule has 0 amide bonds. The van der Waals surface area contributed by atoms with Crippen LogP contribution in [0.25, 0.3) is 10.9 Å². The molecule has 0 spiro atoms. The molecule has 0 bridgehead atoms. The van der Waals surface area contributed by atoms with Gasteiger partial charge in [-0.3, -0.25) is 5.10 Å². The summed E-state index contributed by atoms with van der Waals surface area (Å²) in [6.45, 7) is 0. The highest BCUT2D eigenvalue weighted by Gasteiger charge is 2.14. The molecule has 0 unspecified atom stereocenters. The van der Waals surface area contributed by atoms with Gasteiger partial charge in [-0.05, 0) is 28.7 Å². The van der Waals surface area contributed by atoms with Crippen molar-refractivity contribution in [3.8, 4) is 0 Å². The van der Waals surface area contributed by atoms with Gasteiger partial charge in [0.05, 0.1) is 12.6 Å². The molecule has 0 aliphatic carbocycles. The van der Waals surface area contributed by atoms with Crippen molar-refractivity contribution in [3.05, 3.63) is 21.7 Å². The van der Waals surface area contributed by atoms with Gasteiger partial charge < -0.3 is 4.74 Å². The number of methoxy groups -OCH3 is 1. The molecule has 0 saturated carbocycles. The second-order valence-electron chi connectivity index (χ2n) is 2.59. The van der Waals surface area contributed by atoms with E-state index in [1.54, 1.807) is 12.3 Å². The lowest BCUT2D eigenvalue weighted by Gasteiger charge is -1.98. The van der Waals surface area contributed by atoms with Gasteiger partial charge in [0.2, 0.25) is 0 Å². The lowest BCUT2D eigenvalue weighted by molar-refractivity contribution is 0.0596. The summed E-state index contributed by atoms with van der Waals surface area (Å²) in [5, 5.41) is 7.61. The third-order valence-electron chi connectivity index (χ3n) is 1.82. The zero-order valence-corrected chi connectivity index (χ0v) is 9.40. The van der Waals surface area contributed by atoms with Crippen LogP contribution < -0.4 is 0 Å². The lowest BCUT2D eigenvalue weighted by atomic mass is 10.2. The molecule has 2 aromatic rings. The topological polar surface area (TPSA) is 67.9 Å². The van der Waals surface area contributed by atoms with E-state index in [2.05, 4.69) is 42.5 Å². The number of esters is 1. The van der Waals surface area contributed by atoms with Crippen LogP contribution in [-0.2, 0) is 4.74 Å². The quantitative estimate of drug-likeness (QED) is 0.638. The third kappa shape index (κ3) is 1.35. The monoisotopic (exact) mass is 303 g/mol. The first-order valence-electron chi connectivity index (χ1n) is 3.81. The number of nitrogens with one attached hydrogen (secondary N) is 1. The minimum Gasteiger partial charge on any atom is -0.464 e. The SMILES string of the molecule is COC(=O)c1nccc2c(I)n[nH]c12. The maximum absolute atomic E-state index is 11.3. The van der Waals surface area contributed by atoms with Crippen molar-refractivity contribution < 1.29 is 9.53 Å². The average molecular weight is 303 g/mol. The van der Waals surface area contributed by atoms with Crippen LogP contribution in [0.2, 0.25) is 0 Å². The van der Waals surface area contributed by atoms with Gasteiger partial charge in [0.1, 0.15) is 3.70 Å². The highest BCUT2D eigenvalue weighted by atomic mass is 127. The zero-order valence-electron chi connectivity index (χ0n) is 7.24. The molecule has 0 radical (unpaired) electrons. The summed E-state index contributed by atoms with van der Waals surface area (Å²) in [7, 11) is 1.32. The van der Waals surface area contributed by atoms with E-state index in [0.29, 0.717) is 5.52 Å². The van der Waals surface area contributed by atoms with Crippen LogP contribution in [0.1, 0.15) is 10.5 Å². The normalized spacial score (nSPS) is 10.4. The number of hydrogen-bond acceptors (Lipinski definition) is 4. The number of nitrogens with zero attached hydrogens (tertiary/aromatic N) is 2. The number of ether oxygens (including phenoxy) is 1. The molecule has 5 nitrogen and oxygen atoms in total. The van der Waals surface area contributed by atoms with Crippen molar-refractivity contribution in [2.24, 2.45) is 0 Å². The smallest absolute Gasteiger partial charge is 0.358 e. The summed E-state index contributed by atoms with van der Waals surface area (Å²) in [5.74, 6) is -0.462. The fraction of sp³-hybridized carbons (Fsp3) is 0.125. The second kappa shape index (κ2) is 3.52. The molecule has 0 fully saturated rings. The van der Waals surface area contributed by atoms with Crippen molar-refractivity contribution in [2.75, 3.05) is 7.11 Å². The second-order valence-corrected chi connectivity index (χ2v) is 3.61. The number of carbonyl (C=O) groups excluding carboxylic acids is 1. The summed E-state index contributed by atoms with van der Waals surface area (Å²) < 4.78 is 5.41. The van der Waals surface area contributed by atoms with Gasteiger partial charge in [-0.25, -0.2) is 9.78 Å². The summed E-state index contributed by atoms with van der Waals surface area (Å²) >= 11 is 2.08. The third-order valence-corrected chi connectivity index (χ3v) is 2.64. The molecule has 0 atom stereocenters. The number of rotatable bonds is 1. The summed E-state index contributed by atoms with van der Waals surface area (Å²) in [4.78, 5) is 15.2. The molecule has 2 heterocycles. The van der Waals surface area contributed by atoms with Crippen molar-refractivity contribution in [1.82, 2.24) is 15.2 Å². The van der Waals surface area contributed by atoms with Crippen LogP contribution in [0.15, 0.2) is 12.3 Å². The van der Waals surface area contributed by atoms with Gasteiger partial charge in [-0.15, -0.1) is 0 Å². The summed E-state index contributed by atoms with van der Waals surface area (Å²) in [5.41, 5.74) is 0.879. The molecule has 0 aromatic carbocycles. The molecular formula is C8H6IN3O2. The standard InChI is InChI=1S/C8H6IN3O2/c1-14-8(13)6-5-4(2-3-10-6)7(9)12-11-5/h2-3H,1H3,(H,11,12). The fourth-order valence-corrected chi connectivity index (χ4v) is 1.73. The minimum atomic E-state index is -0.462. The van der Waals surface area contributed by atoms with E-state index in [4.69, 9.17) is 0 Å². The van der Waals surface area contributed by atoms with Gasteiger partial charge in [-0.1, -0.05) is 0 Å². The van der Waals surface area contributed by atoms with E-state index < -0.39 is 5.97 Å². The Hall–Kier alpha value is -1.18. The molecule has 1 N–H and O–H groups in total. The Morgan fingerprint density at radius 1 is 1.64 bits per heavy atom. The fourth-order valence-electron chi connectivity index (χ4n) is 1.16. The lowest BCUT2D eigenvalue weighted by Crippen LogP contribution is -2.04. The number of H-pyrrole nitrogens is 1. The molecule has 6 heteroatoms. The van der Waals surface area contributed by atoms with Crippen LogP contribution >= 0.6 is 22.6 Å². The Balaban J connectivity index is 2.71. The molecule has 0 aliphatic rings. The van der Waals surface area contributed by atoms with Gasteiger partial charge in [-0.2, -0.15) is 5.10 Å². The van der Waals surface area contributed by atoms with Crippen molar-refractivity contribution in [2.45, 2.75) is 0 Å². The first kappa shape index (κ1) is 9.38. The predicted octanol–water partition coefficient (Wildman–Crippen LogP) is 1.35. The maximum Gasteiger partial charge on any atom is 0.358 e. The number of pyridine rings is 1. The van der Waals surface area contributed by atoms with E-state index in [1.807, 2.05) is 0 Å². The molecule has 14 heavy (non-hydrogen) atoms. The van der Waals surface area contributed by atoms with E-state index in [9.17, 15) is 4.79 Å². The molecule has 0 aliphatic heterocycles. The number of halogens is 1. The molecule has 2 rings (SSSR count). The van der Waals surface area contributed by atoms with Crippen LogP contribution in [0.4, 0.5) is 0 Å². The average Bonchev–Trinajstić information content (AvgIpc) is 2.59. The highest BCUT2D eigenvalue weighted by Crippen LogP contribution is 2.19. The van der Waals surface area contributed by atoms with Gasteiger partial charge in [0, 0.05) is 11.6 Å². The predicted molar refractivity (Wildman–Crippen MR) is 57.9 cm³/mol. The molecule has 72 valence electrons. The summed E-state index contributed by atoms with van der Waals surface area (Å²) in [6, 6.07) is 1.80. The molecular weight excluding hydrogens is 297 g/mol. The molecule has 2 aromatic heterocycles. The number of fused-ring (bicyclic) bond motifs is 1. The van der Waals surface area contributed by atoms with Crippen LogP contribution in [0.3, 0.4) is 0 Å². The Morgan fingerprint density at radius 3 is 3.14 bits per heavy atom. The van der Waals surface area contributed by atoms with E-state index in [-0.39, 0.29) is 5.69 Å². The van der Waals surface area contributed by atoms with Crippen molar-refractivity contribution >= 4 is 39.5 Å². The van der Waals surface area contributed by atoms with E-state index in [1.165, 1.54) is 7.11 Å². The maximum atomic E-state index is 11.3. The van der Waals surface area contributed by atoms with Crippen LogP contribution in [0, 0.1) is 3.70 Å². The molecule has 0 saturated heterocycles. The number of carbonyl (C=O) groups is 1. The number of aromatic amines is 1. The Kier molecular flexibility index (Phi) is 2.36. The Bertz CT molecular complexity index is 494. The van der Waals surface area contributed by atoms with Gasteiger partial charge in [0.15, 0.2) is 5.69 Å². The van der Waals surface area contributed by atoms with Crippen molar-refractivity contribution in [3.63, 3.8) is 0 Å². The van der Waals surface area contributed by atoms with Gasteiger partial charge >= 0.3 is 5.97 Å². The number of aromatic nitrogens is 3. The van der Waals surface area contributed by atoms with Crippen molar-refractivity contribution in [1.29, 1.82) is 0 Å². The first-order chi connectivity index (χ1) is 6.74. The zero-order chi connectivity index (χ0) is 10.1. The first-order valence-corrected chi connectivity index (χ1v) is 4.89. The summed E-state index contributed by atoms with van der Waals surface area (Å²) in [6.07, 6.45) is 1.56. The van der Waals surface area contributed by atoms with Gasteiger partial charge in [0.25, 0.3) is 0 Å². The van der Waals surface area contributed by atoms with E-state index in [0.717, 1.165) is 9.09 Å². The minimum absolute atomic E-state index is 0.264. The van der Waals surface area contributed by atoms with Crippen LogP contribution in [0.5, 0.6) is 0 Å². The Morgan fingerprint density at radius 2 is 2.43 bits per heavy atom. The number of hydrogen-bond donors (Lipinski definition) is 1. The van der Waals surface area contributed by atoms with Crippen LogP contribution in [-0.4, -0.2) is 28.3 Å².